The number of phenols is 1. The van der Waals surface area contributed by atoms with Crippen LogP contribution in [0.1, 0.15) is 18.0 Å². The van der Waals surface area contributed by atoms with Gasteiger partial charge in [-0.05, 0) is 44.3 Å². The molecule has 0 unspecified atom stereocenters. The predicted molar refractivity (Wildman–Crippen MR) is 96.2 cm³/mol. The highest BCUT2D eigenvalue weighted by Crippen LogP contribution is 2.44. The van der Waals surface area contributed by atoms with Crippen LogP contribution in [0.3, 0.4) is 0 Å². The maximum absolute atomic E-state index is 13.0. The van der Waals surface area contributed by atoms with E-state index in [9.17, 15) is 9.50 Å². The van der Waals surface area contributed by atoms with Crippen LogP contribution in [0.25, 0.3) is 0 Å². The van der Waals surface area contributed by atoms with Gasteiger partial charge in [0.2, 0.25) is 0 Å². The maximum Gasteiger partial charge on any atom is 0.144 e. The van der Waals surface area contributed by atoms with Crippen molar-refractivity contribution in [2.75, 3.05) is 32.9 Å². The van der Waals surface area contributed by atoms with Crippen LogP contribution in [-0.2, 0) is 0 Å². The molecule has 0 saturated carbocycles. The van der Waals surface area contributed by atoms with E-state index in [0.717, 1.165) is 36.2 Å². The SMILES string of the molecule is Cl.Oc1c(Br)cc(Br)c([C@@H](CCF)N2CCNCC2)c1Br. The Balaban J connectivity index is 0.00000220. The second kappa shape index (κ2) is 9.03. The quantitative estimate of drug-likeness (QED) is 0.629. The third-order valence-corrected chi connectivity index (χ3v) is 5.55. The van der Waals surface area contributed by atoms with E-state index in [1.165, 1.54) is 0 Å². The summed E-state index contributed by atoms with van der Waals surface area (Å²) in [7, 11) is 0. The minimum atomic E-state index is -0.385. The second-order valence-corrected chi connectivity index (χ2v) is 7.20. The van der Waals surface area contributed by atoms with Crippen molar-refractivity contribution in [3.63, 3.8) is 0 Å². The first-order chi connectivity index (χ1) is 9.56. The van der Waals surface area contributed by atoms with Gasteiger partial charge in [0, 0.05) is 42.3 Å². The van der Waals surface area contributed by atoms with E-state index in [1.54, 1.807) is 0 Å². The van der Waals surface area contributed by atoms with Crippen molar-refractivity contribution in [2.24, 2.45) is 0 Å². The van der Waals surface area contributed by atoms with Crippen molar-refractivity contribution < 1.29 is 9.50 Å². The fraction of sp³-hybridized carbons (Fsp3) is 0.538. The zero-order chi connectivity index (χ0) is 14.7. The van der Waals surface area contributed by atoms with E-state index >= 15 is 0 Å². The van der Waals surface area contributed by atoms with Crippen molar-refractivity contribution in [3.05, 3.63) is 25.0 Å². The molecule has 1 saturated heterocycles. The maximum atomic E-state index is 13.0. The fourth-order valence-corrected chi connectivity index (χ4v) is 5.16. The van der Waals surface area contributed by atoms with Gasteiger partial charge in [0.05, 0.1) is 15.6 Å². The zero-order valence-electron chi connectivity index (χ0n) is 11.2. The molecule has 1 aliphatic rings. The molecule has 1 aromatic carbocycles. The molecule has 1 aromatic rings. The van der Waals surface area contributed by atoms with Crippen molar-refractivity contribution >= 4 is 60.2 Å². The molecule has 2 rings (SSSR count). The summed E-state index contributed by atoms with van der Waals surface area (Å²) in [5.74, 6) is 0.155. The zero-order valence-corrected chi connectivity index (χ0v) is 16.8. The van der Waals surface area contributed by atoms with E-state index in [4.69, 9.17) is 0 Å². The van der Waals surface area contributed by atoms with E-state index in [-0.39, 0.29) is 30.9 Å². The Bertz CT molecular complexity index is 487. The Kier molecular flexibility index (Phi) is 8.45. The predicted octanol–water partition coefficient (Wildman–Crippen LogP) is 4.41. The Morgan fingerprint density at radius 1 is 1.24 bits per heavy atom. The van der Waals surface area contributed by atoms with E-state index in [1.807, 2.05) is 6.07 Å². The highest BCUT2D eigenvalue weighted by atomic mass is 79.9. The standard InChI is InChI=1S/C13H16Br3FN2O.ClH/c14-8-7-9(15)13(20)12(16)11(8)10(1-2-17)19-5-3-18-4-6-19;/h7,10,18,20H,1-6H2;1H/t10-;/m1./s1. The largest absolute Gasteiger partial charge is 0.506 e. The molecule has 0 bridgehead atoms. The molecule has 0 spiro atoms. The van der Waals surface area contributed by atoms with Crippen LogP contribution in [0.15, 0.2) is 19.5 Å². The van der Waals surface area contributed by atoms with Crippen LogP contribution in [-0.4, -0.2) is 42.9 Å². The molecule has 2 N–H and O–H groups in total. The van der Waals surface area contributed by atoms with Gasteiger partial charge in [-0.1, -0.05) is 15.9 Å². The van der Waals surface area contributed by atoms with Gasteiger partial charge in [-0.15, -0.1) is 12.4 Å². The number of benzene rings is 1. The van der Waals surface area contributed by atoms with Gasteiger partial charge >= 0.3 is 0 Å². The number of hydrogen-bond donors (Lipinski definition) is 2. The topological polar surface area (TPSA) is 35.5 Å². The summed E-state index contributed by atoms with van der Waals surface area (Å²) in [6.07, 6.45) is 0.415. The van der Waals surface area contributed by atoms with Crippen LogP contribution < -0.4 is 5.32 Å². The van der Waals surface area contributed by atoms with Crippen molar-refractivity contribution in [3.8, 4) is 5.75 Å². The number of nitrogens with one attached hydrogen (secondary N) is 1. The van der Waals surface area contributed by atoms with E-state index in [2.05, 4.69) is 58.0 Å². The van der Waals surface area contributed by atoms with Crippen molar-refractivity contribution in [1.82, 2.24) is 10.2 Å². The molecular formula is C13H17Br3ClFN2O. The summed E-state index contributed by atoms with van der Waals surface area (Å²) < 4.78 is 15.1. The minimum Gasteiger partial charge on any atom is -0.506 e. The number of nitrogens with zero attached hydrogens (tertiary/aromatic N) is 1. The molecule has 120 valence electrons. The molecule has 0 radical (unpaired) electrons. The van der Waals surface area contributed by atoms with Crippen molar-refractivity contribution in [1.29, 1.82) is 0 Å². The highest BCUT2D eigenvalue weighted by molar-refractivity contribution is 9.11. The number of halogens is 5. The van der Waals surface area contributed by atoms with Gasteiger partial charge in [-0.3, -0.25) is 9.29 Å². The Labute approximate surface area is 155 Å². The average molecular weight is 511 g/mol. The number of rotatable bonds is 4. The van der Waals surface area contributed by atoms with Gasteiger partial charge in [0.1, 0.15) is 5.75 Å². The lowest BCUT2D eigenvalue weighted by molar-refractivity contribution is 0.156. The molecule has 8 heteroatoms. The summed E-state index contributed by atoms with van der Waals surface area (Å²) >= 11 is 10.3. The van der Waals surface area contributed by atoms with Gasteiger partial charge < -0.3 is 10.4 Å². The van der Waals surface area contributed by atoms with E-state index < -0.39 is 0 Å². The molecular weight excluding hydrogens is 494 g/mol. The third-order valence-electron chi connectivity index (χ3n) is 3.49. The van der Waals surface area contributed by atoms with Crippen LogP contribution in [0.4, 0.5) is 4.39 Å². The Hall–Kier alpha value is 0.600. The Morgan fingerprint density at radius 2 is 1.86 bits per heavy atom. The smallest absolute Gasteiger partial charge is 0.144 e. The first-order valence-electron chi connectivity index (χ1n) is 6.43. The molecule has 1 atom stereocenters. The number of aromatic hydroxyl groups is 1. The van der Waals surface area contributed by atoms with Gasteiger partial charge in [-0.25, -0.2) is 0 Å². The van der Waals surface area contributed by atoms with Gasteiger partial charge in [-0.2, -0.15) is 0 Å². The van der Waals surface area contributed by atoms with Crippen LogP contribution >= 0.6 is 60.2 Å². The number of hydrogen-bond acceptors (Lipinski definition) is 3. The Morgan fingerprint density at radius 3 is 2.43 bits per heavy atom. The molecule has 1 fully saturated rings. The number of alkyl halides is 1. The highest BCUT2D eigenvalue weighted by Gasteiger charge is 2.27. The first kappa shape index (κ1) is 19.6. The third kappa shape index (κ3) is 4.54. The molecule has 0 amide bonds. The van der Waals surface area contributed by atoms with Gasteiger partial charge in [0.25, 0.3) is 0 Å². The lowest BCUT2D eigenvalue weighted by atomic mass is 10.0. The normalized spacial score (nSPS) is 17.3. The summed E-state index contributed by atoms with van der Waals surface area (Å²) in [5.41, 5.74) is 0.908. The summed E-state index contributed by atoms with van der Waals surface area (Å²) in [6.45, 7) is 3.17. The first-order valence-corrected chi connectivity index (χ1v) is 8.81. The number of piperazine rings is 1. The molecule has 0 aromatic heterocycles. The van der Waals surface area contributed by atoms with Crippen LogP contribution in [0.5, 0.6) is 5.75 Å². The summed E-state index contributed by atoms with van der Waals surface area (Å²) in [4.78, 5) is 2.26. The molecule has 0 aliphatic carbocycles. The van der Waals surface area contributed by atoms with Crippen molar-refractivity contribution in [2.45, 2.75) is 12.5 Å². The summed E-state index contributed by atoms with van der Waals surface area (Å²) in [6, 6.07) is 1.76. The van der Waals surface area contributed by atoms with E-state index in [0.29, 0.717) is 15.4 Å². The molecule has 3 nitrogen and oxygen atoms in total. The van der Waals surface area contributed by atoms with Crippen LogP contribution in [0, 0.1) is 0 Å². The molecule has 1 heterocycles. The lowest BCUT2D eigenvalue weighted by Gasteiger charge is -2.36. The molecule has 21 heavy (non-hydrogen) atoms. The average Bonchev–Trinajstić information content (AvgIpc) is 2.45. The number of phenolic OH excluding ortho intramolecular Hbond substituents is 1. The summed E-state index contributed by atoms with van der Waals surface area (Å²) in [5, 5.41) is 13.4. The molecule has 1 aliphatic heterocycles. The second-order valence-electron chi connectivity index (χ2n) is 4.70. The minimum absolute atomic E-state index is 0. The van der Waals surface area contributed by atoms with Gasteiger partial charge in [0.15, 0.2) is 0 Å². The van der Waals surface area contributed by atoms with Crippen LogP contribution in [0.2, 0.25) is 0 Å². The monoisotopic (exact) mass is 508 g/mol. The fourth-order valence-electron chi connectivity index (χ4n) is 2.51. The lowest BCUT2D eigenvalue weighted by Crippen LogP contribution is -2.45.